The minimum Gasteiger partial charge on any atom is -0.407 e. The number of anilines is 1. The summed E-state index contributed by atoms with van der Waals surface area (Å²) in [7, 11) is -3.40. The second-order valence-electron chi connectivity index (χ2n) is 10.8. The highest BCUT2D eigenvalue weighted by Crippen LogP contribution is 2.27. The van der Waals surface area contributed by atoms with Gasteiger partial charge in [-0.25, -0.2) is 0 Å². The summed E-state index contributed by atoms with van der Waals surface area (Å²) >= 11 is 10.00. The van der Waals surface area contributed by atoms with Crippen molar-refractivity contribution in [1.29, 1.82) is 0 Å². The maximum absolute atomic E-state index is 6.51. The SMILES string of the molecule is CC1=Cc2cccc([Si](C)(C)Cl)c2C1.CC1=Cc2cccc([Si](C)(C)Nc3ccc(Br)cc3)c2C1. The molecule has 0 fully saturated rings. The Labute approximate surface area is 226 Å². The molecular formula is C30H35BrClNSi2. The summed E-state index contributed by atoms with van der Waals surface area (Å²) in [4.78, 5) is 3.80. The van der Waals surface area contributed by atoms with Crippen molar-refractivity contribution in [2.45, 2.75) is 52.9 Å². The maximum atomic E-state index is 6.51. The van der Waals surface area contributed by atoms with E-state index < -0.39 is 15.6 Å². The van der Waals surface area contributed by atoms with Gasteiger partial charge in [-0.1, -0.05) is 88.7 Å². The monoisotopic (exact) mass is 579 g/mol. The Morgan fingerprint density at radius 1 is 0.714 bits per heavy atom. The van der Waals surface area contributed by atoms with E-state index in [1.165, 1.54) is 49.5 Å². The van der Waals surface area contributed by atoms with E-state index in [-0.39, 0.29) is 0 Å². The molecule has 2 aliphatic rings. The first-order valence-corrected chi connectivity index (χ1v) is 20.1. The Morgan fingerprint density at radius 2 is 1.20 bits per heavy atom. The van der Waals surface area contributed by atoms with Crippen molar-refractivity contribution < 1.29 is 0 Å². The molecule has 0 aromatic heterocycles. The molecular weight excluding hydrogens is 546 g/mol. The van der Waals surface area contributed by atoms with Gasteiger partial charge in [0.1, 0.15) is 0 Å². The van der Waals surface area contributed by atoms with Crippen LogP contribution < -0.4 is 15.4 Å². The minimum absolute atomic E-state index is 1.09. The van der Waals surface area contributed by atoms with Crippen LogP contribution in [0.25, 0.3) is 12.2 Å². The number of fused-ring (bicyclic) bond motifs is 2. The predicted molar refractivity (Wildman–Crippen MR) is 165 cm³/mol. The summed E-state index contributed by atoms with van der Waals surface area (Å²) in [5, 5.41) is 2.93. The van der Waals surface area contributed by atoms with Crippen LogP contribution in [0, 0.1) is 0 Å². The van der Waals surface area contributed by atoms with E-state index in [9.17, 15) is 0 Å². The van der Waals surface area contributed by atoms with Crippen LogP contribution in [0.5, 0.6) is 0 Å². The zero-order chi connectivity index (χ0) is 25.4. The fourth-order valence-corrected chi connectivity index (χ4v) is 9.93. The first kappa shape index (κ1) is 26.2. The van der Waals surface area contributed by atoms with Crippen molar-refractivity contribution in [3.8, 4) is 0 Å². The quantitative estimate of drug-likeness (QED) is 0.242. The normalized spacial score (nSPS) is 14.4. The Kier molecular flexibility index (Phi) is 7.68. The molecule has 1 N–H and O–H groups in total. The van der Waals surface area contributed by atoms with Crippen LogP contribution in [-0.2, 0) is 12.8 Å². The zero-order valence-corrected chi connectivity index (χ0v) is 25.9. The van der Waals surface area contributed by atoms with Gasteiger partial charge in [-0.3, -0.25) is 0 Å². The van der Waals surface area contributed by atoms with Crippen molar-refractivity contribution in [2.75, 3.05) is 4.98 Å². The molecule has 0 saturated heterocycles. The summed E-state index contributed by atoms with van der Waals surface area (Å²) in [6, 6.07) is 21.7. The average Bonchev–Trinajstić information content (AvgIpc) is 3.34. The second kappa shape index (κ2) is 10.3. The second-order valence-corrected chi connectivity index (χ2v) is 22.1. The smallest absolute Gasteiger partial charge is 0.181 e. The topological polar surface area (TPSA) is 12.0 Å². The molecule has 3 aromatic carbocycles. The van der Waals surface area contributed by atoms with E-state index >= 15 is 0 Å². The third kappa shape index (κ3) is 6.11. The maximum Gasteiger partial charge on any atom is 0.181 e. The Bertz CT molecular complexity index is 1300. The number of hydrogen-bond acceptors (Lipinski definition) is 1. The molecule has 0 radical (unpaired) electrons. The third-order valence-electron chi connectivity index (χ3n) is 6.75. The van der Waals surface area contributed by atoms with Crippen molar-refractivity contribution in [3.05, 3.63) is 98.5 Å². The molecule has 0 saturated carbocycles. The van der Waals surface area contributed by atoms with Gasteiger partial charge in [0.25, 0.3) is 0 Å². The highest BCUT2D eigenvalue weighted by Gasteiger charge is 2.29. The minimum atomic E-state index is -1.72. The molecule has 2 aliphatic carbocycles. The summed E-state index contributed by atoms with van der Waals surface area (Å²) in [6.45, 7) is 13.6. The molecule has 182 valence electrons. The number of allylic oxidation sites excluding steroid dienone is 2. The first-order valence-electron chi connectivity index (χ1n) is 12.3. The van der Waals surface area contributed by atoms with Gasteiger partial charge in [0.05, 0.1) is 0 Å². The number of rotatable bonds is 4. The van der Waals surface area contributed by atoms with Gasteiger partial charge in [-0.2, -0.15) is 11.1 Å². The van der Waals surface area contributed by atoms with Gasteiger partial charge in [-0.05, 0) is 96.7 Å². The van der Waals surface area contributed by atoms with E-state index in [4.69, 9.17) is 11.1 Å². The average molecular weight is 581 g/mol. The lowest BCUT2D eigenvalue weighted by Gasteiger charge is -2.28. The van der Waals surface area contributed by atoms with Gasteiger partial charge in [-0.15, -0.1) is 0 Å². The van der Waals surface area contributed by atoms with E-state index in [0.717, 1.165) is 17.3 Å². The van der Waals surface area contributed by atoms with Gasteiger partial charge in [0, 0.05) is 10.2 Å². The third-order valence-corrected chi connectivity index (χ3v) is 12.4. The zero-order valence-electron chi connectivity index (χ0n) is 21.6. The Balaban J connectivity index is 0.000000179. The fraction of sp³-hybridized carbons (Fsp3) is 0.267. The molecule has 0 unspecified atom stereocenters. The molecule has 3 aromatic rings. The van der Waals surface area contributed by atoms with Crippen LogP contribution in [-0.4, -0.2) is 15.6 Å². The highest BCUT2D eigenvalue weighted by molar-refractivity contribution is 9.10. The van der Waals surface area contributed by atoms with Gasteiger partial charge >= 0.3 is 0 Å². The number of benzene rings is 3. The van der Waals surface area contributed by atoms with Gasteiger partial charge < -0.3 is 4.98 Å². The summed E-state index contributed by atoms with van der Waals surface area (Å²) in [5.41, 5.74) is 9.89. The van der Waals surface area contributed by atoms with Crippen LogP contribution in [0.1, 0.15) is 36.1 Å². The van der Waals surface area contributed by atoms with Gasteiger partial charge in [0.15, 0.2) is 15.6 Å². The van der Waals surface area contributed by atoms with E-state index in [2.05, 4.69) is 134 Å². The van der Waals surface area contributed by atoms with Crippen molar-refractivity contribution in [1.82, 2.24) is 0 Å². The Hall–Kier alpha value is -1.86. The summed E-state index contributed by atoms with van der Waals surface area (Å²) in [5.74, 6) is 0. The number of nitrogens with one attached hydrogen (secondary N) is 1. The highest BCUT2D eigenvalue weighted by atomic mass is 79.9. The molecule has 0 spiro atoms. The molecule has 0 aliphatic heterocycles. The largest absolute Gasteiger partial charge is 0.407 e. The van der Waals surface area contributed by atoms with Crippen LogP contribution >= 0.6 is 27.0 Å². The first-order chi connectivity index (χ1) is 16.4. The summed E-state index contributed by atoms with van der Waals surface area (Å²) in [6.07, 6.45) is 6.79. The predicted octanol–water partition coefficient (Wildman–Crippen LogP) is 8.23. The number of hydrogen-bond donors (Lipinski definition) is 1. The van der Waals surface area contributed by atoms with E-state index in [1.807, 2.05) is 0 Å². The van der Waals surface area contributed by atoms with E-state index in [1.54, 1.807) is 0 Å². The fourth-order valence-electron chi connectivity index (χ4n) is 5.17. The van der Waals surface area contributed by atoms with Crippen molar-refractivity contribution in [3.63, 3.8) is 0 Å². The lowest BCUT2D eigenvalue weighted by molar-refractivity contribution is 1.20. The molecule has 1 nitrogen and oxygen atoms in total. The molecule has 5 heteroatoms. The Morgan fingerprint density at radius 3 is 1.71 bits per heavy atom. The van der Waals surface area contributed by atoms with Crippen molar-refractivity contribution in [2.24, 2.45) is 0 Å². The molecule has 5 rings (SSSR count). The van der Waals surface area contributed by atoms with Crippen molar-refractivity contribution >= 4 is 70.8 Å². The van der Waals surface area contributed by atoms with E-state index in [0.29, 0.717) is 0 Å². The molecule has 35 heavy (non-hydrogen) atoms. The lowest BCUT2D eigenvalue weighted by atomic mass is 10.1. The van der Waals surface area contributed by atoms with Crippen LogP contribution in [0.3, 0.4) is 0 Å². The van der Waals surface area contributed by atoms with Crippen LogP contribution in [0.2, 0.25) is 26.2 Å². The molecule has 0 bridgehead atoms. The lowest BCUT2D eigenvalue weighted by Crippen LogP contribution is -2.51. The standard InChI is InChI=1S/C18H20BrNSi.C12H15ClSi/c1-13-11-14-5-4-6-18(17(14)12-13)21(2,3)20-16-9-7-15(19)8-10-16;1-9-7-10-5-4-6-12(11(10)8-9)14(2,3)13/h4-11,20H,12H2,1-3H3;4-7H,8H2,1-3H3. The molecule has 0 atom stereocenters. The van der Waals surface area contributed by atoms with Crippen LogP contribution in [0.4, 0.5) is 5.69 Å². The molecule has 0 heterocycles. The molecule has 0 amide bonds. The van der Waals surface area contributed by atoms with Crippen LogP contribution in [0.15, 0.2) is 76.3 Å². The van der Waals surface area contributed by atoms with Gasteiger partial charge in [0.2, 0.25) is 0 Å². The number of halogens is 2. The summed E-state index contributed by atoms with van der Waals surface area (Å²) < 4.78 is 1.12.